The molecule has 8 N–H and O–H groups in total. The zero-order valence-electron chi connectivity index (χ0n) is 58.8. The molecule has 2 fully saturated rings. The van der Waals surface area contributed by atoms with Gasteiger partial charge in [-0.2, -0.15) is 0 Å². The second kappa shape index (κ2) is 57.9. The van der Waals surface area contributed by atoms with Gasteiger partial charge in [-0.15, -0.1) is 0 Å². The van der Waals surface area contributed by atoms with Gasteiger partial charge in [0.25, 0.3) is 0 Å². The summed E-state index contributed by atoms with van der Waals surface area (Å²) in [5, 5.41) is 89.4. The van der Waals surface area contributed by atoms with Crippen molar-refractivity contribution in [3.05, 3.63) is 22.7 Å². The van der Waals surface area contributed by atoms with Gasteiger partial charge < -0.3 is 64.5 Å². The summed E-state index contributed by atoms with van der Waals surface area (Å²) in [7, 11) is 0. The summed E-state index contributed by atoms with van der Waals surface area (Å²) >= 11 is 0. The fourth-order valence-electron chi connectivity index (χ4n) is 12.9. The van der Waals surface area contributed by atoms with Gasteiger partial charge in [0.1, 0.15) is 73.6 Å². The largest absolute Gasteiger partial charge is 0.512 e. The highest BCUT2D eigenvalue weighted by molar-refractivity contribution is 5.89. The second-order valence-corrected chi connectivity index (χ2v) is 27.5. The number of carbonyl (C=O) groups is 2. The second-order valence-electron chi connectivity index (χ2n) is 27.5. The summed E-state index contributed by atoms with van der Waals surface area (Å²) in [6, 6.07) is 0. The molecule has 0 amide bonds. The number of esters is 2. The first-order valence-corrected chi connectivity index (χ1v) is 38.5. The first-order valence-electron chi connectivity index (χ1n) is 38.5. The molecule has 91 heavy (non-hydrogen) atoms. The molecule has 536 valence electrons. The number of carbonyl (C=O) groups excluding carboxylic acids is 2. The molecule has 2 aliphatic heterocycles. The predicted molar refractivity (Wildman–Crippen MR) is 368 cm³/mol. The summed E-state index contributed by atoms with van der Waals surface area (Å²) in [5.41, 5.74) is 0.333. The average molecular weight is 1300 g/mol. The van der Waals surface area contributed by atoms with Crippen molar-refractivity contribution >= 4 is 11.9 Å². The minimum absolute atomic E-state index is 0.0176. The van der Waals surface area contributed by atoms with E-state index in [0.29, 0.717) is 38.5 Å². The Morgan fingerprint density at radius 3 is 0.692 bits per heavy atom. The van der Waals surface area contributed by atoms with Crippen LogP contribution in [0.4, 0.5) is 0 Å². The molecule has 0 aliphatic carbocycles. The van der Waals surface area contributed by atoms with Crippen LogP contribution in [0.5, 0.6) is 0 Å². The smallest absolute Gasteiger partial charge is 0.337 e. The number of allylic oxidation sites excluding steroid dienone is 2. The van der Waals surface area contributed by atoms with Gasteiger partial charge in [-0.1, -0.05) is 323 Å². The van der Waals surface area contributed by atoms with Crippen LogP contribution < -0.4 is 0 Å². The van der Waals surface area contributed by atoms with E-state index in [0.717, 1.165) is 89.9 Å². The van der Waals surface area contributed by atoms with Gasteiger partial charge in [-0.05, 0) is 38.5 Å². The number of hydrogen-bond donors (Lipinski definition) is 8. The van der Waals surface area contributed by atoms with Crippen LogP contribution in [0.3, 0.4) is 0 Å². The van der Waals surface area contributed by atoms with Crippen LogP contribution in [0.15, 0.2) is 22.7 Å². The van der Waals surface area contributed by atoms with Gasteiger partial charge in [0.15, 0.2) is 12.6 Å². The van der Waals surface area contributed by atoms with E-state index in [9.17, 15) is 50.4 Å². The Bertz CT molecular complexity index is 1650. The Labute approximate surface area is 555 Å². The van der Waals surface area contributed by atoms with Crippen LogP contribution in [0.25, 0.3) is 0 Å². The number of rotatable bonds is 62. The molecule has 0 bridgehead atoms. The number of unbranched alkanes of at least 4 members (excludes halogenated alkanes) is 46. The molecular formula is C76H142O15. The maximum Gasteiger partial charge on any atom is 0.337 e. The van der Waals surface area contributed by atoms with Crippen LogP contribution in [0.2, 0.25) is 0 Å². The van der Waals surface area contributed by atoms with Crippen molar-refractivity contribution in [2.24, 2.45) is 0 Å². The van der Waals surface area contributed by atoms with Crippen LogP contribution in [-0.4, -0.2) is 127 Å². The molecule has 0 saturated carbocycles. The lowest BCUT2D eigenvalue weighted by atomic mass is 9.98. The first-order chi connectivity index (χ1) is 44.3. The Balaban J connectivity index is 2.07. The predicted octanol–water partition coefficient (Wildman–Crippen LogP) is 18.5. The first kappa shape index (κ1) is 84.7. The van der Waals surface area contributed by atoms with Crippen molar-refractivity contribution in [2.75, 3.05) is 13.2 Å². The molecule has 2 saturated heterocycles. The fourth-order valence-corrected chi connectivity index (χ4v) is 12.9. The number of aliphatic hydroxyl groups is 8. The van der Waals surface area contributed by atoms with E-state index in [1.165, 1.54) is 218 Å². The highest BCUT2D eigenvalue weighted by Gasteiger charge is 2.50. The summed E-state index contributed by atoms with van der Waals surface area (Å²) in [5.74, 6) is -1.58. The van der Waals surface area contributed by atoms with Crippen molar-refractivity contribution in [2.45, 2.75) is 436 Å². The summed E-state index contributed by atoms with van der Waals surface area (Å²) in [4.78, 5) is 27.8. The molecular weight excluding hydrogens is 1150 g/mol. The Hall–Kier alpha value is -2.34. The van der Waals surface area contributed by atoms with E-state index in [2.05, 4.69) is 27.7 Å². The topological polar surface area (TPSA) is 242 Å². The standard InChI is InChI=1S/C76H142O15/c1-5-9-13-17-21-25-29-33-37-41-45-49-53-57-63(77)61(55-51-47-43-39-35-31-27-23-19-15-11-7-3)73(85)87-59-65-67(79)69(81)71(83)75(89-65)91-76-72(84)70(82)68(80)66(90-76)60-88-74(86)62(56-52-48-44-40-36-32-28-24-20-16-12-8-4)64(78)58-54-50-46-42-38-34-30-26-22-18-14-10-6-2/h65-72,75-84H,5-60H2,1-4H3/b63-61-,64-62-/t65-,66-,67-,68-,69+,70+,71-,72-,75-,76-/m1/s1. The lowest BCUT2D eigenvalue weighted by molar-refractivity contribution is -0.376. The molecule has 15 nitrogen and oxygen atoms in total. The van der Waals surface area contributed by atoms with Crippen molar-refractivity contribution in [3.63, 3.8) is 0 Å². The molecule has 0 aromatic heterocycles. The van der Waals surface area contributed by atoms with Gasteiger partial charge >= 0.3 is 11.9 Å². The Morgan fingerprint density at radius 2 is 0.473 bits per heavy atom. The lowest BCUT2D eigenvalue weighted by Crippen LogP contribution is -2.64. The van der Waals surface area contributed by atoms with E-state index < -0.39 is 86.6 Å². The monoisotopic (exact) mass is 1300 g/mol. The molecule has 10 atom stereocenters. The average Bonchev–Trinajstić information content (AvgIpc) is 1.06. The normalized spacial score (nSPS) is 22.5. The minimum atomic E-state index is -1.91. The Kier molecular flexibility index (Phi) is 53.9. The maximum atomic E-state index is 13.9. The molecule has 0 radical (unpaired) electrons. The minimum Gasteiger partial charge on any atom is -0.512 e. The quantitative estimate of drug-likeness (QED) is 0.0122. The van der Waals surface area contributed by atoms with Crippen LogP contribution in [-0.2, 0) is 33.3 Å². The van der Waals surface area contributed by atoms with E-state index in [4.69, 9.17) is 23.7 Å². The molecule has 2 heterocycles. The van der Waals surface area contributed by atoms with Crippen molar-refractivity contribution in [3.8, 4) is 0 Å². The highest BCUT2D eigenvalue weighted by atomic mass is 16.8. The maximum absolute atomic E-state index is 13.9. The number of hydrogen-bond acceptors (Lipinski definition) is 15. The van der Waals surface area contributed by atoms with E-state index >= 15 is 0 Å². The number of aliphatic hydroxyl groups excluding tert-OH is 8. The zero-order valence-corrected chi connectivity index (χ0v) is 58.8. The summed E-state index contributed by atoms with van der Waals surface area (Å²) in [6.45, 7) is 7.77. The van der Waals surface area contributed by atoms with Crippen LogP contribution in [0, 0.1) is 0 Å². The van der Waals surface area contributed by atoms with Crippen LogP contribution in [0.1, 0.15) is 374 Å². The number of ether oxygens (including phenoxy) is 5. The van der Waals surface area contributed by atoms with Gasteiger partial charge in [-0.25, -0.2) is 9.59 Å². The van der Waals surface area contributed by atoms with Gasteiger partial charge in [-0.3, -0.25) is 0 Å². The van der Waals surface area contributed by atoms with E-state index in [1.54, 1.807) is 0 Å². The van der Waals surface area contributed by atoms with Crippen molar-refractivity contribution < 1.29 is 74.1 Å². The molecule has 0 aromatic carbocycles. The van der Waals surface area contributed by atoms with Crippen LogP contribution >= 0.6 is 0 Å². The molecule has 0 spiro atoms. The Morgan fingerprint density at radius 1 is 0.275 bits per heavy atom. The SMILES string of the molecule is CCCCCCCCCCCCCCC/C(O)=C(\CCCCCCCCCCCCCC)C(=O)OC[C@H]1O[C@H](O[C@H]2O[C@H](COC(=O)/C(CCCCCCCCCCCCCC)=C(\O)CCCCCCCCCCCCCCC)[C@@H](O)[C@H](O)[C@H]2O)[C@H](O)[C@@H](O)[C@@H]1O. The van der Waals surface area contributed by atoms with E-state index in [1.807, 2.05) is 0 Å². The molecule has 2 aliphatic rings. The zero-order chi connectivity index (χ0) is 66.4. The third-order valence-corrected chi connectivity index (χ3v) is 19.1. The molecule has 2 rings (SSSR count). The van der Waals surface area contributed by atoms with Gasteiger partial charge in [0.05, 0.1) is 11.1 Å². The highest BCUT2D eigenvalue weighted by Crippen LogP contribution is 2.31. The van der Waals surface area contributed by atoms with Gasteiger partial charge in [0.2, 0.25) is 0 Å². The van der Waals surface area contributed by atoms with Crippen molar-refractivity contribution in [1.82, 2.24) is 0 Å². The molecule has 15 heteroatoms. The summed E-state index contributed by atoms with van der Waals surface area (Å²) < 4.78 is 29.1. The van der Waals surface area contributed by atoms with Crippen molar-refractivity contribution in [1.29, 1.82) is 0 Å². The lowest BCUT2D eigenvalue weighted by Gasteiger charge is -2.44. The summed E-state index contributed by atoms with van der Waals surface area (Å²) in [6.07, 6.45) is 42.1. The fraction of sp³-hybridized carbons (Fsp3) is 0.921. The molecule has 0 unspecified atom stereocenters. The molecule has 0 aromatic rings. The third-order valence-electron chi connectivity index (χ3n) is 19.1. The third kappa shape index (κ3) is 40.7. The van der Waals surface area contributed by atoms with Gasteiger partial charge in [0, 0.05) is 12.8 Å². The van der Waals surface area contributed by atoms with E-state index in [-0.39, 0.29) is 22.7 Å².